The molecular formula is C24H29N3O3. The van der Waals surface area contributed by atoms with Crippen molar-refractivity contribution in [2.24, 2.45) is 0 Å². The molecule has 0 N–H and O–H groups in total. The van der Waals surface area contributed by atoms with Gasteiger partial charge in [-0.15, -0.1) is 0 Å². The molecule has 0 saturated heterocycles. The van der Waals surface area contributed by atoms with E-state index in [1.807, 2.05) is 55.5 Å². The van der Waals surface area contributed by atoms with E-state index in [9.17, 15) is 4.79 Å². The van der Waals surface area contributed by atoms with Gasteiger partial charge in [-0.1, -0.05) is 30.4 Å². The van der Waals surface area contributed by atoms with Gasteiger partial charge in [-0.3, -0.25) is 4.79 Å². The molecule has 1 amide bonds. The summed E-state index contributed by atoms with van der Waals surface area (Å²) in [6, 6.07) is 14.0. The molecule has 0 aliphatic carbocycles. The number of allylic oxidation sites excluding steroid dienone is 1. The van der Waals surface area contributed by atoms with Gasteiger partial charge < -0.3 is 18.9 Å². The van der Waals surface area contributed by atoms with E-state index in [-0.39, 0.29) is 5.91 Å². The third-order valence-electron chi connectivity index (χ3n) is 4.98. The molecule has 0 unspecified atom stereocenters. The monoisotopic (exact) mass is 407 g/mol. The van der Waals surface area contributed by atoms with E-state index in [1.54, 1.807) is 26.0 Å². The smallest absolute Gasteiger partial charge is 0.219 e. The maximum absolute atomic E-state index is 11.7. The van der Waals surface area contributed by atoms with Crippen LogP contribution in [0.15, 0.2) is 48.5 Å². The van der Waals surface area contributed by atoms with Crippen LogP contribution in [0.2, 0.25) is 0 Å². The Balaban J connectivity index is 1.69. The van der Waals surface area contributed by atoms with Crippen LogP contribution < -0.4 is 9.47 Å². The van der Waals surface area contributed by atoms with E-state index in [2.05, 4.69) is 10.6 Å². The number of amides is 1. The van der Waals surface area contributed by atoms with Crippen molar-refractivity contribution in [3.63, 3.8) is 0 Å². The number of hydrogen-bond donors (Lipinski definition) is 0. The quantitative estimate of drug-likeness (QED) is 0.489. The Morgan fingerprint density at radius 1 is 1.20 bits per heavy atom. The zero-order valence-electron chi connectivity index (χ0n) is 18.1. The highest BCUT2D eigenvalue weighted by atomic mass is 16.5. The largest absolute Gasteiger partial charge is 0.493 e. The van der Waals surface area contributed by atoms with Crippen molar-refractivity contribution in [1.29, 1.82) is 0 Å². The molecule has 0 spiro atoms. The lowest BCUT2D eigenvalue weighted by atomic mass is 10.2. The Morgan fingerprint density at radius 2 is 2.00 bits per heavy atom. The highest BCUT2D eigenvalue weighted by molar-refractivity contribution is 5.76. The summed E-state index contributed by atoms with van der Waals surface area (Å²) in [5, 5.41) is 0. The first kappa shape index (κ1) is 21.4. The standard InChI is InChI=1S/C24H29N3O3/c1-5-9-19-12-13-22(23(16-19)29-4)30-15-8-14-27-21-11-7-6-10-20(21)25-24(27)17-26(3)18(2)28/h5-7,9-13,16H,8,14-15,17H2,1-4H3. The van der Waals surface area contributed by atoms with E-state index in [4.69, 9.17) is 14.5 Å². The minimum atomic E-state index is 0.0189. The summed E-state index contributed by atoms with van der Waals surface area (Å²) < 4.78 is 13.6. The summed E-state index contributed by atoms with van der Waals surface area (Å²) in [6.45, 7) is 5.33. The molecule has 3 aromatic rings. The van der Waals surface area contributed by atoms with Crippen LogP contribution >= 0.6 is 0 Å². The fourth-order valence-electron chi connectivity index (χ4n) is 3.32. The second-order valence-electron chi connectivity index (χ2n) is 7.16. The van der Waals surface area contributed by atoms with Crippen LogP contribution in [0.25, 0.3) is 17.1 Å². The van der Waals surface area contributed by atoms with Crippen LogP contribution in [0.5, 0.6) is 11.5 Å². The van der Waals surface area contributed by atoms with Crippen LogP contribution in [0.3, 0.4) is 0 Å². The number of ether oxygens (including phenoxy) is 2. The van der Waals surface area contributed by atoms with E-state index < -0.39 is 0 Å². The Labute approximate surface area is 177 Å². The van der Waals surface area contributed by atoms with Crippen molar-refractivity contribution in [3.8, 4) is 11.5 Å². The molecule has 0 radical (unpaired) electrons. The highest BCUT2D eigenvalue weighted by Gasteiger charge is 2.14. The molecule has 0 aliphatic rings. The molecule has 158 valence electrons. The van der Waals surface area contributed by atoms with Crippen molar-refractivity contribution in [2.45, 2.75) is 33.4 Å². The average Bonchev–Trinajstić information content (AvgIpc) is 3.09. The molecule has 6 heteroatoms. The molecule has 30 heavy (non-hydrogen) atoms. The number of carbonyl (C=O) groups excluding carboxylic acids is 1. The lowest BCUT2D eigenvalue weighted by molar-refractivity contribution is -0.128. The third-order valence-corrected chi connectivity index (χ3v) is 4.98. The highest BCUT2D eigenvalue weighted by Crippen LogP contribution is 2.29. The van der Waals surface area contributed by atoms with Crippen LogP contribution in [0.4, 0.5) is 0 Å². The second-order valence-corrected chi connectivity index (χ2v) is 7.16. The van der Waals surface area contributed by atoms with Gasteiger partial charge in [-0.2, -0.15) is 0 Å². The van der Waals surface area contributed by atoms with Crippen molar-refractivity contribution >= 4 is 23.0 Å². The Kier molecular flexibility index (Phi) is 7.12. The molecule has 0 saturated carbocycles. The molecule has 0 fully saturated rings. The number of aryl methyl sites for hydroxylation is 1. The molecule has 0 bridgehead atoms. The lowest BCUT2D eigenvalue weighted by Gasteiger charge is -2.16. The van der Waals surface area contributed by atoms with Gasteiger partial charge in [0.25, 0.3) is 0 Å². The number of rotatable bonds is 9. The minimum absolute atomic E-state index is 0.0189. The summed E-state index contributed by atoms with van der Waals surface area (Å²) in [5.74, 6) is 2.35. The van der Waals surface area contributed by atoms with Crippen molar-refractivity contribution in [3.05, 3.63) is 59.9 Å². The molecule has 6 nitrogen and oxygen atoms in total. The number of para-hydroxylation sites is 2. The van der Waals surface area contributed by atoms with Gasteiger partial charge in [0.15, 0.2) is 11.5 Å². The zero-order chi connectivity index (χ0) is 21.5. The average molecular weight is 408 g/mol. The number of nitrogens with zero attached hydrogens (tertiary/aromatic N) is 3. The molecule has 1 heterocycles. The molecule has 0 aliphatic heterocycles. The first-order valence-electron chi connectivity index (χ1n) is 10.1. The number of benzene rings is 2. The van der Waals surface area contributed by atoms with Gasteiger partial charge in [0.2, 0.25) is 5.91 Å². The van der Waals surface area contributed by atoms with Crippen LogP contribution in [0.1, 0.15) is 31.7 Å². The second kappa shape index (κ2) is 9.96. The molecule has 3 rings (SSSR count). The minimum Gasteiger partial charge on any atom is -0.493 e. The van der Waals surface area contributed by atoms with Gasteiger partial charge in [-0.05, 0) is 43.2 Å². The first-order valence-corrected chi connectivity index (χ1v) is 10.1. The Morgan fingerprint density at radius 3 is 2.73 bits per heavy atom. The SMILES string of the molecule is CC=Cc1ccc(OCCCn2c(CN(C)C(C)=O)nc3ccccc32)c(OC)c1. The molecule has 0 atom stereocenters. The fraction of sp³-hybridized carbons (Fsp3) is 0.333. The van der Waals surface area contributed by atoms with Gasteiger partial charge in [0.1, 0.15) is 5.82 Å². The Hall–Kier alpha value is -3.28. The summed E-state index contributed by atoms with van der Waals surface area (Å²) in [7, 11) is 3.44. The van der Waals surface area contributed by atoms with E-state index in [0.29, 0.717) is 13.2 Å². The van der Waals surface area contributed by atoms with Gasteiger partial charge in [0.05, 0.1) is 31.3 Å². The summed E-state index contributed by atoms with van der Waals surface area (Å²) in [4.78, 5) is 18.1. The van der Waals surface area contributed by atoms with Crippen LogP contribution in [-0.2, 0) is 17.9 Å². The van der Waals surface area contributed by atoms with Crippen molar-refractivity contribution < 1.29 is 14.3 Å². The molecule has 2 aromatic carbocycles. The van der Waals surface area contributed by atoms with Crippen LogP contribution in [-0.4, -0.2) is 41.1 Å². The number of imidazole rings is 1. The summed E-state index contributed by atoms with van der Waals surface area (Å²) in [6.07, 6.45) is 4.82. The summed E-state index contributed by atoms with van der Waals surface area (Å²) in [5.41, 5.74) is 3.08. The van der Waals surface area contributed by atoms with Gasteiger partial charge >= 0.3 is 0 Å². The van der Waals surface area contributed by atoms with E-state index in [1.165, 1.54) is 0 Å². The maximum Gasteiger partial charge on any atom is 0.219 e. The first-order chi connectivity index (χ1) is 14.5. The van der Waals surface area contributed by atoms with Gasteiger partial charge in [0, 0.05) is 20.5 Å². The molecular weight excluding hydrogens is 378 g/mol. The van der Waals surface area contributed by atoms with Crippen molar-refractivity contribution in [1.82, 2.24) is 14.5 Å². The maximum atomic E-state index is 11.7. The van der Waals surface area contributed by atoms with Gasteiger partial charge in [-0.25, -0.2) is 4.98 Å². The predicted molar refractivity (Wildman–Crippen MR) is 120 cm³/mol. The fourth-order valence-corrected chi connectivity index (χ4v) is 3.32. The number of carbonyl (C=O) groups is 1. The Bertz CT molecular complexity index is 1040. The number of fused-ring (bicyclic) bond motifs is 1. The topological polar surface area (TPSA) is 56.6 Å². The van der Waals surface area contributed by atoms with E-state index >= 15 is 0 Å². The zero-order valence-corrected chi connectivity index (χ0v) is 18.1. The normalized spacial score (nSPS) is 11.2. The molecule has 1 aromatic heterocycles. The van der Waals surface area contributed by atoms with E-state index in [0.717, 1.165) is 46.9 Å². The number of aromatic nitrogens is 2. The number of hydrogen-bond acceptors (Lipinski definition) is 4. The van der Waals surface area contributed by atoms with Crippen molar-refractivity contribution in [2.75, 3.05) is 20.8 Å². The third kappa shape index (κ3) is 5.00. The van der Waals surface area contributed by atoms with Crippen LogP contribution in [0, 0.1) is 0 Å². The predicted octanol–water partition coefficient (Wildman–Crippen LogP) is 4.53. The summed E-state index contributed by atoms with van der Waals surface area (Å²) >= 11 is 0. The number of methoxy groups -OCH3 is 1. The lowest BCUT2D eigenvalue weighted by Crippen LogP contribution is -2.25.